The van der Waals surface area contributed by atoms with Crippen molar-refractivity contribution in [2.45, 2.75) is 44.0 Å². The smallest absolute Gasteiger partial charge is 0.433 e. The van der Waals surface area contributed by atoms with E-state index in [4.69, 9.17) is 9.90 Å². The van der Waals surface area contributed by atoms with Gasteiger partial charge in [-0.3, -0.25) is 9.69 Å². The molecule has 4 rings (SSSR count). The highest BCUT2D eigenvalue weighted by Crippen LogP contribution is 2.40. The normalized spacial score (nSPS) is 30.5. The molecule has 0 aromatic carbocycles. The highest BCUT2D eigenvalue weighted by atomic mass is 19.4. The summed E-state index contributed by atoms with van der Waals surface area (Å²) in [4.78, 5) is 16.5. The quantitative estimate of drug-likeness (QED) is 0.742. The SMILES string of the molecule is O=CO.O[C@@H]1C[C@H]2CN(c3cccc(C(F)(F)F)n3)C[C@H]2C[C@H]1N1CCCC1. The molecule has 156 valence electrons. The van der Waals surface area contributed by atoms with E-state index in [0.717, 1.165) is 38.5 Å². The Labute approximate surface area is 162 Å². The summed E-state index contributed by atoms with van der Waals surface area (Å²) in [7, 11) is 0. The fraction of sp³-hybridized carbons (Fsp3) is 0.684. The third-order valence-electron chi connectivity index (χ3n) is 6.07. The number of carboxylic acid groups (broad SMARTS) is 1. The first-order valence-electron chi connectivity index (χ1n) is 9.62. The number of hydrogen-bond acceptors (Lipinski definition) is 5. The van der Waals surface area contributed by atoms with E-state index in [1.807, 2.05) is 4.90 Å². The minimum Gasteiger partial charge on any atom is -0.483 e. The zero-order valence-electron chi connectivity index (χ0n) is 15.6. The number of likely N-dealkylation sites (tertiary alicyclic amines) is 1. The molecule has 1 aromatic rings. The summed E-state index contributed by atoms with van der Waals surface area (Å²) >= 11 is 0. The molecule has 9 heteroatoms. The van der Waals surface area contributed by atoms with E-state index < -0.39 is 11.9 Å². The van der Waals surface area contributed by atoms with Gasteiger partial charge < -0.3 is 15.1 Å². The van der Waals surface area contributed by atoms with Gasteiger partial charge in [-0.25, -0.2) is 4.98 Å². The van der Waals surface area contributed by atoms with Crippen LogP contribution in [0.4, 0.5) is 19.0 Å². The number of aliphatic hydroxyl groups excluding tert-OH is 1. The lowest BCUT2D eigenvalue weighted by atomic mass is 9.77. The van der Waals surface area contributed by atoms with Gasteiger partial charge in [-0.2, -0.15) is 13.2 Å². The van der Waals surface area contributed by atoms with Gasteiger partial charge >= 0.3 is 6.18 Å². The Morgan fingerprint density at radius 1 is 1.11 bits per heavy atom. The lowest BCUT2D eigenvalue weighted by Crippen LogP contribution is -2.48. The minimum absolute atomic E-state index is 0.207. The third-order valence-corrected chi connectivity index (χ3v) is 6.07. The van der Waals surface area contributed by atoms with Crippen LogP contribution >= 0.6 is 0 Å². The number of hydrogen-bond donors (Lipinski definition) is 2. The van der Waals surface area contributed by atoms with E-state index in [1.165, 1.54) is 18.9 Å². The van der Waals surface area contributed by atoms with Gasteiger partial charge in [0.15, 0.2) is 0 Å². The third kappa shape index (κ3) is 4.57. The number of anilines is 1. The molecular formula is C19H26F3N3O3. The molecule has 0 bridgehead atoms. The van der Waals surface area contributed by atoms with E-state index >= 15 is 0 Å². The maximum Gasteiger partial charge on any atom is 0.433 e. The fourth-order valence-corrected chi connectivity index (χ4v) is 4.82. The molecular weight excluding hydrogens is 375 g/mol. The molecule has 6 nitrogen and oxygen atoms in total. The molecule has 1 saturated carbocycles. The van der Waals surface area contributed by atoms with E-state index in [-0.39, 0.29) is 18.6 Å². The van der Waals surface area contributed by atoms with E-state index in [0.29, 0.717) is 24.2 Å². The monoisotopic (exact) mass is 401 g/mol. The number of alkyl halides is 3. The summed E-state index contributed by atoms with van der Waals surface area (Å²) in [5.74, 6) is 1.16. The molecule has 3 aliphatic rings. The van der Waals surface area contributed by atoms with Crippen molar-refractivity contribution in [1.29, 1.82) is 0 Å². The van der Waals surface area contributed by atoms with E-state index in [9.17, 15) is 18.3 Å². The first-order chi connectivity index (χ1) is 13.3. The first-order valence-corrected chi connectivity index (χ1v) is 9.62. The number of aromatic nitrogens is 1. The number of fused-ring (bicyclic) bond motifs is 1. The van der Waals surface area contributed by atoms with Crippen molar-refractivity contribution < 1.29 is 28.2 Å². The average Bonchev–Trinajstić information content (AvgIpc) is 3.30. The Morgan fingerprint density at radius 3 is 2.32 bits per heavy atom. The van der Waals surface area contributed by atoms with E-state index in [2.05, 4.69) is 9.88 Å². The van der Waals surface area contributed by atoms with Gasteiger partial charge in [0.2, 0.25) is 0 Å². The van der Waals surface area contributed by atoms with Crippen molar-refractivity contribution in [1.82, 2.24) is 9.88 Å². The zero-order chi connectivity index (χ0) is 20.3. The second-order valence-electron chi connectivity index (χ2n) is 7.76. The zero-order valence-corrected chi connectivity index (χ0v) is 15.6. The molecule has 2 saturated heterocycles. The number of pyridine rings is 1. The van der Waals surface area contributed by atoms with Crippen molar-refractivity contribution in [3.8, 4) is 0 Å². The van der Waals surface area contributed by atoms with Crippen molar-refractivity contribution in [3.05, 3.63) is 23.9 Å². The van der Waals surface area contributed by atoms with Crippen LogP contribution in [0.2, 0.25) is 0 Å². The molecule has 1 aliphatic carbocycles. The van der Waals surface area contributed by atoms with Crippen LogP contribution in [0.5, 0.6) is 0 Å². The van der Waals surface area contributed by atoms with Crippen LogP contribution in [-0.2, 0) is 11.0 Å². The second-order valence-corrected chi connectivity index (χ2v) is 7.76. The molecule has 3 heterocycles. The van der Waals surface area contributed by atoms with Crippen LogP contribution in [0.1, 0.15) is 31.4 Å². The summed E-state index contributed by atoms with van der Waals surface area (Å²) in [6.45, 7) is 3.27. The summed E-state index contributed by atoms with van der Waals surface area (Å²) in [5.41, 5.74) is -0.838. The number of carbonyl (C=O) groups is 1. The van der Waals surface area contributed by atoms with Crippen LogP contribution in [0.15, 0.2) is 18.2 Å². The van der Waals surface area contributed by atoms with Gasteiger partial charge in [0.05, 0.1) is 6.10 Å². The number of halogens is 3. The first kappa shape index (κ1) is 20.9. The van der Waals surface area contributed by atoms with Gasteiger partial charge in [0, 0.05) is 19.1 Å². The molecule has 4 atom stereocenters. The molecule has 3 fully saturated rings. The molecule has 0 amide bonds. The maximum atomic E-state index is 12.9. The number of aliphatic hydroxyl groups is 1. The second kappa shape index (κ2) is 8.65. The molecule has 0 radical (unpaired) electrons. The van der Waals surface area contributed by atoms with Crippen molar-refractivity contribution >= 4 is 12.3 Å². The Kier molecular flexibility index (Phi) is 6.44. The Morgan fingerprint density at radius 2 is 1.71 bits per heavy atom. The summed E-state index contributed by atoms with van der Waals surface area (Å²) in [6, 6.07) is 4.30. The highest BCUT2D eigenvalue weighted by Gasteiger charge is 2.44. The lowest BCUT2D eigenvalue weighted by molar-refractivity contribution is -0.141. The highest BCUT2D eigenvalue weighted by molar-refractivity contribution is 5.41. The van der Waals surface area contributed by atoms with Gasteiger partial charge in [-0.05, 0) is 62.7 Å². The summed E-state index contributed by atoms with van der Waals surface area (Å²) in [6.07, 6.45) is -0.689. The predicted molar refractivity (Wildman–Crippen MR) is 97.0 cm³/mol. The Balaban J connectivity index is 0.000000706. The topological polar surface area (TPSA) is 76.9 Å². The van der Waals surface area contributed by atoms with Crippen LogP contribution in [0.25, 0.3) is 0 Å². The van der Waals surface area contributed by atoms with Crippen LogP contribution < -0.4 is 4.90 Å². The summed E-state index contributed by atoms with van der Waals surface area (Å²) < 4.78 is 38.7. The van der Waals surface area contributed by atoms with E-state index in [1.54, 1.807) is 6.07 Å². The van der Waals surface area contributed by atoms with Crippen LogP contribution in [0, 0.1) is 11.8 Å². The van der Waals surface area contributed by atoms with Crippen LogP contribution in [0.3, 0.4) is 0 Å². The van der Waals surface area contributed by atoms with Gasteiger partial charge in [0.25, 0.3) is 6.47 Å². The fourth-order valence-electron chi connectivity index (χ4n) is 4.82. The average molecular weight is 401 g/mol. The molecule has 1 aromatic heterocycles. The Hall–Kier alpha value is -1.87. The predicted octanol–water partition coefficient (Wildman–Crippen LogP) is 2.47. The standard InChI is InChI=1S/C18H24F3N3O.CH2O2/c19-18(20,21)16-4-3-5-17(22-16)24-10-12-8-14(23-6-1-2-7-23)15(25)9-13(12)11-24;2-1-3/h3-5,12-15,25H,1-2,6-11H2;1H,(H,2,3)/t12-,13+,14-,15-;/m1./s1. The van der Waals surface area contributed by atoms with Gasteiger partial charge in [-0.1, -0.05) is 6.07 Å². The number of rotatable bonds is 2. The lowest BCUT2D eigenvalue weighted by Gasteiger charge is -2.40. The molecule has 28 heavy (non-hydrogen) atoms. The summed E-state index contributed by atoms with van der Waals surface area (Å²) in [5, 5.41) is 17.4. The van der Waals surface area contributed by atoms with Crippen LogP contribution in [-0.4, -0.2) is 64.9 Å². The molecule has 0 spiro atoms. The van der Waals surface area contributed by atoms with Crippen molar-refractivity contribution in [2.75, 3.05) is 31.1 Å². The molecule has 2 N–H and O–H groups in total. The molecule has 0 unspecified atom stereocenters. The van der Waals surface area contributed by atoms with Gasteiger partial charge in [-0.15, -0.1) is 0 Å². The van der Waals surface area contributed by atoms with Crippen molar-refractivity contribution in [3.63, 3.8) is 0 Å². The Bertz CT molecular complexity index is 667. The van der Waals surface area contributed by atoms with Gasteiger partial charge in [0.1, 0.15) is 11.5 Å². The molecule has 2 aliphatic heterocycles. The minimum atomic E-state index is -4.42. The van der Waals surface area contributed by atoms with Crippen molar-refractivity contribution in [2.24, 2.45) is 11.8 Å². The maximum absolute atomic E-state index is 12.9. The number of nitrogens with zero attached hydrogens (tertiary/aromatic N) is 3. The largest absolute Gasteiger partial charge is 0.483 e.